The Morgan fingerprint density at radius 1 is 1.11 bits per heavy atom. The average molecular weight is 367 g/mol. The van der Waals surface area contributed by atoms with Gasteiger partial charge in [-0.1, -0.05) is 12.1 Å². The zero-order chi connectivity index (χ0) is 13.5. The number of benzene rings is 1. The first-order chi connectivity index (χ1) is 9.25. The zero-order valence-corrected chi connectivity index (χ0v) is 12.4. The fraction of sp³-hybridized carbons (Fsp3) is 0.154. The van der Waals surface area contributed by atoms with E-state index in [0.29, 0.717) is 24.9 Å². The molecule has 0 aliphatic heterocycles. The lowest BCUT2D eigenvalue weighted by Crippen LogP contribution is -2.29. The average Bonchev–Trinajstić information content (AvgIpc) is 2.45. The highest BCUT2D eigenvalue weighted by molar-refractivity contribution is 14.1. The topological polar surface area (TPSA) is 73.7 Å². The van der Waals surface area contributed by atoms with Crippen LogP contribution in [0.4, 0.5) is 5.95 Å². The number of amidine groups is 1. The van der Waals surface area contributed by atoms with Crippen LogP contribution < -0.4 is 10.6 Å². The molecule has 3 N–H and O–H groups in total. The molecule has 5 nitrogen and oxygen atoms in total. The number of hydrogen-bond acceptors (Lipinski definition) is 4. The van der Waals surface area contributed by atoms with E-state index in [2.05, 4.69) is 43.2 Å². The van der Waals surface area contributed by atoms with E-state index in [1.165, 1.54) is 0 Å². The second-order valence-corrected chi connectivity index (χ2v) is 5.05. The highest BCUT2D eigenvalue weighted by atomic mass is 127. The SMILES string of the molecule is N=C(NCCNc1ncccn1)c1ccc(I)cc1. The summed E-state index contributed by atoms with van der Waals surface area (Å²) in [4.78, 5) is 8.12. The molecule has 0 amide bonds. The molecule has 0 fully saturated rings. The molecule has 0 saturated carbocycles. The number of rotatable bonds is 5. The van der Waals surface area contributed by atoms with Crippen LogP contribution in [0.15, 0.2) is 42.7 Å². The van der Waals surface area contributed by atoms with Gasteiger partial charge < -0.3 is 10.6 Å². The monoisotopic (exact) mass is 367 g/mol. The quantitative estimate of drug-likeness (QED) is 0.328. The van der Waals surface area contributed by atoms with Gasteiger partial charge in [-0.3, -0.25) is 5.41 Å². The molecule has 0 aliphatic rings. The third-order valence-corrected chi connectivity index (χ3v) is 3.13. The molecule has 1 aromatic heterocycles. The summed E-state index contributed by atoms with van der Waals surface area (Å²) in [5, 5.41) is 14.0. The number of nitrogens with zero attached hydrogens (tertiary/aromatic N) is 2. The smallest absolute Gasteiger partial charge is 0.222 e. The third-order valence-electron chi connectivity index (χ3n) is 2.41. The summed E-state index contributed by atoms with van der Waals surface area (Å²) in [6, 6.07) is 9.62. The molecule has 0 bridgehead atoms. The Morgan fingerprint density at radius 2 is 1.79 bits per heavy atom. The summed E-state index contributed by atoms with van der Waals surface area (Å²) in [5.74, 6) is 1.03. The van der Waals surface area contributed by atoms with Crippen molar-refractivity contribution >= 4 is 34.4 Å². The normalized spacial score (nSPS) is 9.95. The van der Waals surface area contributed by atoms with E-state index in [1.54, 1.807) is 18.5 Å². The Bertz CT molecular complexity index is 526. The van der Waals surface area contributed by atoms with Crippen molar-refractivity contribution in [3.63, 3.8) is 0 Å². The summed E-state index contributed by atoms with van der Waals surface area (Å²) < 4.78 is 1.16. The first-order valence-electron chi connectivity index (χ1n) is 5.85. The molecule has 0 saturated heterocycles. The van der Waals surface area contributed by atoms with Gasteiger partial charge in [0.05, 0.1) is 0 Å². The predicted molar refractivity (Wildman–Crippen MR) is 84.5 cm³/mol. The van der Waals surface area contributed by atoms with Crippen molar-refractivity contribution in [2.75, 3.05) is 18.4 Å². The summed E-state index contributed by atoms with van der Waals surface area (Å²) in [5.41, 5.74) is 0.886. The van der Waals surface area contributed by atoms with Crippen molar-refractivity contribution in [2.24, 2.45) is 0 Å². The van der Waals surface area contributed by atoms with E-state index in [1.807, 2.05) is 24.3 Å². The van der Waals surface area contributed by atoms with Crippen LogP contribution >= 0.6 is 22.6 Å². The second kappa shape index (κ2) is 7.03. The maximum Gasteiger partial charge on any atom is 0.222 e. The van der Waals surface area contributed by atoms with Crippen LogP contribution in [0.1, 0.15) is 5.56 Å². The Morgan fingerprint density at radius 3 is 2.47 bits per heavy atom. The van der Waals surface area contributed by atoms with E-state index < -0.39 is 0 Å². The van der Waals surface area contributed by atoms with Crippen LogP contribution in [-0.2, 0) is 0 Å². The Hall–Kier alpha value is -1.70. The second-order valence-electron chi connectivity index (χ2n) is 3.81. The lowest BCUT2D eigenvalue weighted by Gasteiger charge is -2.09. The van der Waals surface area contributed by atoms with Crippen molar-refractivity contribution in [1.82, 2.24) is 15.3 Å². The van der Waals surface area contributed by atoms with Crippen molar-refractivity contribution in [2.45, 2.75) is 0 Å². The fourth-order valence-electron chi connectivity index (χ4n) is 1.47. The van der Waals surface area contributed by atoms with Crippen LogP contribution in [-0.4, -0.2) is 28.9 Å². The molecule has 0 atom stereocenters. The minimum Gasteiger partial charge on any atom is -0.368 e. The van der Waals surface area contributed by atoms with Gasteiger partial charge in [0.2, 0.25) is 5.95 Å². The Balaban J connectivity index is 1.74. The summed E-state index contributed by atoms with van der Waals surface area (Å²) in [7, 11) is 0. The molecule has 1 heterocycles. The molecule has 1 aromatic carbocycles. The third kappa shape index (κ3) is 4.47. The van der Waals surface area contributed by atoms with Gasteiger partial charge in [-0.2, -0.15) is 0 Å². The maximum absolute atomic E-state index is 7.91. The lowest BCUT2D eigenvalue weighted by atomic mass is 10.2. The predicted octanol–water partition coefficient (Wildman–Crippen LogP) is 2.11. The Kier molecular flexibility index (Phi) is 5.08. The number of halogens is 1. The van der Waals surface area contributed by atoms with Gasteiger partial charge in [-0.15, -0.1) is 0 Å². The van der Waals surface area contributed by atoms with Gasteiger partial charge in [-0.25, -0.2) is 9.97 Å². The van der Waals surface area contributed by atoms with Gasteiger partial charge in [-0.05, 0) is 40.8 Å². The van der Waals surface area contributed by atoms with Gasteiger partial charge in [0.25, 0.3) is 0 Å². The molecule has 19 heavy (non-hydrogen) atoms. The summed E-state index contributed by atoms with van der Waals surface area (Å²) in [6.45, 7) is 1.31. The van der Waals surface area contributed by atoms with Gasteiger partial charge in [0.15, 0.2) is 0 Å². The summed E-state index contributed by atoms with van der Waals surface area (Å²) >= 11 is 2.25. The standard InChI is InChI=1S/C13H14IN5/c14-11-4-2-10(3-5-11)12(15)16-8-9-19-13-17-6-1-7-18-13/h1-7H,8-9H2,(H2,15,16)(H,17,18,19). The van der Waals surface area contributed by atoms with Crippen LogP contribution in [0.25, 0.3) is 0 Å². The van der Waals surface area contributed by atoms with E-state index >= 15 is 0 Å². The van der Waals surface area contributed by atoms with Crippen LogP contribution in [0.3, 0.4) is 0 Å². The zero-order valence-electron chi connectivity index (χ0n) is 10.2. The molecule has 2 rings (SSSR count). The Labute approximate surface area is 125 Å². The van der Waals surface area contributed by atoms with Gasteiger partial charge >= 0.3 is 0 Å². The number of nitrogens with one attached hydrogen (secondary N) is 3. The van der Waals surface area contributed by atoms with Crippen molar-refractivity contribution in [1.29, 1.82) is 5.41 Å². The highest BCUT2D eigenvalue weighted by Crippen LogP contribution is 2.06. The molecule has 98 valence electrons. The first-order valence-corrected chi connectivity index (χ1v) is 6.93. The lowest BCUT2D eigenvalue weighted by molar-refractivity contribution is 0.889. The van der Waals surface area contributed by atoms with Crippen LogP contribution in [0, 0.1) is 8.98 Å². The van der Waals surface area contributed by atoms with E-state index in [-0.39, 0.29) is 0 Å². The minimum atomic E-state index is 0.423. The molecule has 2 aromatic rings. The van der Waals surface area contributed by atoms with Gasteiger partial charge in [0.1, 0.15) is 5.84 Å². The molecule has 0 spiro atoms. The number of anilines is 1. The fourth-order valence-corrected chi connectivity index (χ4v) is 1.83. The molecular formula is C13H14IN5. The maximum atomic E-state index is 7.91. The molecular weight excluding hydrogens is 353 g/mol. The van der Waals surface area contributed by atoms with Crippen LogP contribution in [0.2, 0.25) is 0 Å². The minimum absolute atomic E-state index is 0.423. The van der Waals surface area contributed by atoms with Crippen LogP contribution in [0.5, 0.6) is 0 Å². The van der Waals surface area contributed by atoms with Crippen molar-refractivity contribution < 1.29 is 0 Å². The largest absolute Gasteiger partial charge is 0.368 e. The number of hydrogen-bond donors (Lipinski definition) is 3. The van der Waals surface area contributed by atoms with Crippen molar-refractivity contribution in [3.05, 3.63) is 51.9 Å². The van der Waals surface area contributed by atoms with E-state index in [9.17, 15) is 0 Å². The summed E-state index contributed by atoms with van der Waals surface area (Å²) in [6.07, 6.45) is 3.38. The highest BCUT2D eigenvalue weighted by Gasteiger charge is 2.00. The molecule has 0 aliphatic carbocycles. The molecule has 6 heteroatoms. The first kappa shape index (κ1) is 13.7. The van der Waals surface area contributed by atoms with Crippen molar-refractivity contribution in [3.8, 4) is 0 Å². The van der Waals surface area contributed by atoms with E-state index in [0.717, 1.165) is 9.13 Å². The molecule has 0 radical (unpaired) electrons. The molecule has 0 unspecified atom stereocenters. The number of aromatic nitrogens is 2. The van der Waals surface area contributed by atoms with Gasteiger partial charge in [0, 0.05) is 34.6 Å². The van der Waals surface area contributed by atoms with E-state index in [4.69, 9.17) is 5.41 Å².